The highest BCUT2D eigenvalue weighted by atomic mass is 16.4. The van der Waals surface area contributed by atoms with Gasteiger partial charge in [0, 0.05) is 33.2 Å². The summed E-state index contributed by atoms with van der Waals surface area (Å²) in [6.07, 6.45) is 11.3. The molecule has 3 saturated heterocycles. The maximum absolute atomic E-state index is 15.7. The largest absolute Gasteiger partial charge is 0.481 e. The van der Waals surface area contributed by atoms with Crippen molar-refractivity contribution in [1.29, 1.82) is 0 Å². The average molecular weight is 876 g/mol. The molecule has 0 aliphatic carbocycles. The number of carboxylic acid groups (broad SMARTS) is 4. The van der Waals surface area contributed by atoms with Crippen LogP contribution in [-0.4, -0.2) is 113 Å². The Morgan fingerprint density at radius 1 is 0.452 bits per heavy atom. The molecule has 3 rings (SSSR count). The third kappa shape index (κ3) is 9.95. The number of hydrogen-bond donors (Lipinski definition) is 4. The number of unbranched alkanes of at least 4 members (excludes halogenated alkanes) is 10. The highest BCUT2D eigenvalue weighted by Gasteiger charge is 2.81. The molecule has 0 saturated carbocycles. The van der Waals surface area contributed by atoms with Gasteiger partial charge in [0.2, 0.25) is 0 Å². The number of carboxylic acids is 4. The molecule has 0 amide bonds. The van der Waals surface area contributed by atoms with Crippen molar-refractivity contribution < 1.29 is 39.6 Å². The van der Waals surface area contributed by atoms with E-state index in [1.807, 2.05) is 48.8 Å². The fourth-order valence-corrected chi connectivity index (χ4v) is 14.4. The average Bonchev–Trinajstić information content (AvgIpc) is 3.11. The molecule has 4 N–H and O–H groups in total. The van der Waals surface area contributed by atoms with E-state index in [0.717, 1.165) is 25.7 Å². The minimum atomic E-state index is -2.55. The second-order valence-corrected chi connectivity index (χ2v) is 24.4. The molecular weight excluding hydrogens is 783 g/mol. The standard InChI is InChI=1S/C51H93N3O8/c1-17-18-19-20-21-22-23-24-25-26-27-28-49(40(57)58,35-39(55)56)51(42(61)62,38-33-47(10,11)54(16)48(12,13)34-38)50(41(59)60,36-29-43(2,3)52(14)44(4,5)30-36)37-31-45(6,7)53(15)46(8,9)32-37/h36-38H,17-35H2,1-16H3,(H,55,56)(H,57,58)(H,59,60)(H,61,62). The molecule has 0 spiro atoms. The van der Waals surface area contributed by atoms with E-state index < -0.39 is 97.5 Å². The smallest absolute Gasteiger partial charge is 0.312 e. The number of carbonyl (C=O) groups is 4. The van der Waals surface area contributed by atoms with Gasteiger partial charge >= 0.3 is 23.9 Å². The van der Waals surface area contributed by atoms with Crippen molar-refractivity contribution in [3.05, 3.63) is 0 Å². The summed E-state index contributed by atoms with van der Waals surface area (Å²) in [5.41, 5.74) is -11.0. The summed E-state index contributed by atoms with van der Waals surface area (Å²) < 4.78 is 0. The molecule has 62 heavy (non-hydrogen) atoms. The third-order valence-corrected chi connectivity index (χ3v) is 18.0. The van der Waals surface area contributed by atoms with Crippen molar-refractivity contribution >= 4 is 23.9 Å². The van der Waals surface area contributed by atoms with Gasteiger partial charge in [-0.15, -0.1) is 0 Å². The highest BCUT2D eigenvalue weighted by Crippen LogP contribution is 2.73. The summed E-state index contributed by atoms with van der Waals surface area (Å²) in [5, 5.41) is 48.8. The SMILES string of the molecule is CCCCCCCCCCCCCC(CC(=O)O)(C(=O)O)C(C(=O)O)(C1CC(C)(C)N(C)C(C)(C)C1)C(C(=O)O)(C1CC(C)(C)N(C)C(C)(C)C1)C1CC(C)(C)N(C)C(C)(C)C1. The van der Waals surface area contributed by atoms with Gasteiger partial charge < -0.3 is 20.4 Å². The maximum atomic E-state index is 15.7. The molecular formula is C51H93N3O8. The lowest BCUT2D eigenvalue weighted by molar-refractivity contribution is -0.257. The van der Waals surface area contributed by atoms with Crippen LogP contribution in [0.4, 0.5) is 0 Å². The summed E-state index contributed by atoms with van der Waals surface area (Å²) in [7, 11) is 6.07. The van der Waals surface area contributed by atoms with Gasteiger partial charge in [-0.2, -0.15) is 0 Å². The molecule has 0 bridgehead atoms. The number of rotatable bonds is 22. The molecule has 0 aromatic rings. The second-order valence-electron chi connectivity index (χ2n) is 24.4. The van der Waals surface area contributed by atoms with E-state index in [-0.39, 0.29) is 25.7 Å². The van der Waals surface area contributed by atoms with E-state index >= 15 is 9.59 Å². The van der Waals surface area contributed by atoms with E-state index in [9.17, 15) is 30.0 Å². The highest BCUT2D eigenvalue weighted by molar-refractivity contribution is 5.96. The fourth-order valence-electron chi connectivity index (χ4n) is 14.4. The van der Waals surface area contributed by atoms with Crippen LogP contribution >= 0.6 is 0 Å². The lowest BCUT2D eigenvalue weighted by atomic mass is 9.34. The lowest BCUT2D eigenvalue weighted by Gasteiger charge is -2.69. The van der Waals surface area contributed by atoms with Crippen LogP contribution in [0.2, 0.25) is 0 Å². The molecule has 3 aliphatic heterocycles. The summed E-state index contributed by atoms with van der Waals surface area (Å²) in [5.74, 6) is -8.32. The molecule has 360 valence electrons. The Labute approximate surface area is 377 Å². The first kappa shape index (κ1) is 54.1. The Morgan fingerprint density at radius 3 is 1.00 bits per heavy atom. The monoisotopic (exact) mass is 876 g/mol. The van der Waals surface area contributed by atoms with Crippen LogP contribution in [0, 0.1) is 34.0 Å². The van der Waals surface area contributed by atoms with Gasteiger partial charge in [-0.25, -0.2) is 0 Å². The van der Waals surface area contributed by atoms with Crippen molar-refractivity contribution in [3.8, 4) is 0 Å². The third-order valence-electron chi connectivity index (χ3n) is 18.0. The summed E-state index contributed by atoms with van der Waals surface area (Å²) in [6, 6.07) is 0. The van der Waals surface area contributed by atoms with Gasteiger partial charge in [0.15, 0.2) is 0 Å². The molecule has 2 atom stereocenters. The Hall–Kier alpha value is -2.24. The minimum absolute atomic E-state index is 0.194. The second kappa shape index (κ2) is 19.3. The molecule has 0 aromatic heterocycles. The van der Waals surface area contributed by atoms with Crippen molar-refractivity contribution in [3.63, 3.8) is 0 Å². The molecule has 3 heterocycles. The van der Waals surface area contributed by atoms with Gasteiger partial charge in [-0.1, -0.05) is 77.6 Å². The predicted octanol–water partition coefficient (Wildman–Crippen LogP) is 11.1. The Bertz CT molecular complexity index is 1490. The van der Waals surface area contributed by atoms with Crippen LogP contribution in [0.15, 0.2) is 0 Å². The van der Waals surface area contributed by atoms with Gasteiger partial charge in [0.1, 0.15) is 5.41 Å². The van der Waals surface area contributed by atoms with E-state index in [1.165, 1.54) is 32.1 Å². The van der Waals surface area contributed by atoms with Gasteiger partial charge in [-0.05, 0) is 167 Å². The summed E-state index contributed by atoms with van der Waals surface area (Å²) >= 11 is 0. The lowest BCUT2D eigenvalue weighted by Crippen LogP contribution is -2.77. The first-order chi connectivity index (χ1) is 28.2. The van der Waals surface area contributed by atoms with Crippen LogP contribution in [0.5, 0.6) is 0 Å². The van der Waals surface area contributed by atoms with Crippen LogP contribution in [0.1, 0.15) is 212 Å². The van der Waals surface area contributed by atoms with Gasteiger partial charge in [0.25, 0.3) is 0 Å². The normalized spacial score (nSPS) is 25.4. The summed E-state index contributed by atoms with van der Waals surface area (Å²) in [4.78, 5) is 66.7. The molecule has 11 heteroatoms. The summed E-state index contributed by atoms with van der Waals surface area (Å²) in [6.45, 7) is 26.9. The van der Waals surface area contributed by atoms with E-state index in [4.69, 9.17) is 0 Å². The quantitative estimate of drug-likeness (QED) is 0.0767. The number of likely N-dealkylation sites (tertiary alicyclic amines) is 3. The fraction of sp³-hybridized carbons (Fsp3) is 0.922. The van der Waals surface area contributed by atoms with Crippen molar-refractivity contribution in [2.24, 2.45) is 34.0 Å². The first-order valence-corrected chi connectivity index (χ1v) is 24.3. The van der Waals surface area contributed by atoms with Crippen molar-refractivity contribution in [2.75, 3.05) is 21.1 Å². The molecule has 3 aliphatic rings. The van der Waals surface area contributed by atoms with Crippen LogP contribution in [-0.2, 0) is 19.2 Å². The van der Waals surface area contributed by atoms with E-state index in [0.29, 0.717) is 32.1 Å². The van der Waals surface area contributed by atoms with Crippen LogP contribution in [0.25, 0.3) is 0 Å². The van der Waals surface area contributed by atoms with E-state index in [1.54, 1.807) is 0 Å². The Morgan fingerprint density at radius 2 is 0.742 bits per heavy atom. The maximum Gasteiger partial charge on any atom is 0.312 e. The predicted molar refractivity (Wildman–Crippen MR) is 249 cm³/mol. The molecule has 0 radical (unpaired) electrons. The molecule has 0 aromatic carbocycles. The number of aliphatic carboxylic acids is 4. The zero-order valence-corrected chi connectivity index (χ0v) is 42.4. The zero-order valence-electron chi connectivity index (χ0n) is 42.4. The number of piperidine rings is 3. The van der Waals surface area contributed by atoms with Crippen molar-refractivity contribution in [1.82, 2.24) is 14.7 Å². The number of hydrogen-bond acceptors (Lipinski definition) is 7. The van der Waals surface area contributed by atoms with E-state index in [2.05, 4.69) is 77.0 Å². The topological polar surface area (TPSA) is 159 Å². The first-order valence-electron chi connectivity index (χ1n) is 24.3. The molecule has 3 fully saturated rings. The Balaban J connectivity index is 2.57. The Kier molecular flexibility index (Phi) is 16.8. The molecule has 2 unspecified atom stereocenters. The minimum Gasteiger partial charge on any atom is -0.481 e. The van der Waals surface area contributed by atoms with Gasteiger partial charge in [0.05, 0.1) is 17.3 Å². The van der Waals surface area contributed by atoms with Crippen LogP contribution in [0.3, 0.4) is 0 Å². The van der Waals surface area contributed by atoms with Gasteiger partial charge in [-0.3, -0.25) is 33.9 Å². The number of nitrogens with zero attached hydrogens (tertiary/aromatic N) is 3. The molecule has 11 nitrogen and oxygen atoms in total. The zero-order chi connectivity index (χ0) is 47.7. The van der Waals surface area contributed by atoms with Crippen LogP contribution < -0.4 is 0 Å². The van der Waals surface area contributed by atoms with Crippen molar-refractivity contribution in [2.45, 2.75) is 245 Å².